The highest BCUT2D eigenvalue weighted by molar-refractivity contribution is 5.87. The Morgan fingerprint density at radius 3 is 2.15 bits per heavy atom. The van der Waals surface area contributed by atoms with Crippen molar-refractivity contribution in [2.75, 3.05) is 20.3 Å². The lowest BCUT2D eigenvalue weighted by Gasteiger charge is -2.30. The number of hydrogen-bond acceptors (Lipinski definition) is 6. The third-order valence-corrected chi connectivity index (χ3v) is 7.56. The van der Waals surface area contributed by atoms with E-state index in [1.165, 1.54) is 7.11 Å². The highest BCUT2D eigenvalue weighted by atomic mass is 16.5. The fourth-order valence-corrected chi connectivity index (χ4v) is 5.42. The zero-order valence-electron chi connectivity index (χ0n) is 22.7. The van der Waals surface area contributed by atoms with Gasteiger partial charge in [0.1, 0.15) is 19.3 Å². The predicted molar refractivity (Wildman–Crippen MR) is 147 cm³/mol. The average molecular weight is 533 g/mol. The number of carbonyl (C=O) groups is 3. The Morgan fingerprint density at radius 1 is 0.949 bits per heavy atom. The van der Waals surface area contributed by atoms with E-state index >= 15 is 0 Å². The molecular formula is C31H36N2O6. The molecule has 2 aliphatic carbocycles. The zero-order valence-corrected chi connectivity index (χ0v) is 22.7. The molecule has 2 N–H and O–H groups in total. The average Bonchev–Trinajstić information content (AvgIpc) is 3.28. The summed E-state index contributed by atoms with van der Waals surface area (Å²) in [6.45, 7) is 3.95. The zero-order chi connectivity index (χ0) is 27.8. The van der Waals surface area contributed by atoms with Crippen molar-refractivity contribution in [2.24, 2.45) is 5.92 Å². The largest absolute Gasteiger partial charge is 0.467 e. The molecule has 2 atom stereocenters. The summed E-state index contributed by atoms with van der Waals surface area (Å²) in [7, 11) is 1.25. The Kier molecular flexibility index (Phi) is 9.61. The molecule has 206 valence electrons. The molecule has 8 heteroatoms. The van der Waals surface area contributed by atoms with Crippen LogP contribution in [0.2, 0.25) is 0 Å². The quantitative estimate of drug-likeness (QED) is 0.371. The minimum atomic E-state index is -1.04. The number of methoxy groups -OCH3 is 1. The minimum Gasteiger partial charge on any atom is -0.467 e. The van der Waals surface area contributed by atoms with E-state index in [1.54, 1.807) is 13.8 Å². The van der Waals surface area contributed by atoms with Crippen molar-refractivity contribution in [1.29, 1.82) is 0 Å². The molecular weight excluding hydrogens is 496 g/mol. The van der Waals surface area contributed by atoms with Crippen molar-refractivity contribution in [3.05, 3.63) is 59.7 Å². The first-order chi connectivity index (χ1) is 18.9. The Hall–Kier alpha value is -3.83. The lowest BCUT2D eigenvalue weighted by Crippen LogP contribution is -2.56. The molecule has 0 spiro atoms. The van der Waals surface area contributed by atoms with Crippen LogP contribution in [-0.2, 0) is 23.8 Å². The normalized spacial score (nSPS) is 19.4. The summed E-state index contributed by atoms with van der Waals surface area (Å²) >= 11 is 0. The maximum atomic E-state index is 13.0. The summed E-state index contributed by atoms with van der Waals surface area (Å²) in [6, 6.07) is 14.4. The number of nitrogens with one attached hydrogen (secondary N) is 2. The van der Waals surface area contributed by atoms with Gasteiger partial charge in [-0.3, -0.25) is 4.79 Å². The van der Waals surface area contributed by atoms with Crippen molar-refractivity contribution in [3.63, 3.8) is 0 Å². The molecule has 0 unspecified atom stereocenters. The van der Waals surface area contributed by atoms with Crippen molar-refractivity contribution in [1.82, 2.24) is 10.6 Å². The minimum absolute atomic E-state index is 0.0808. The van der Waals surface area contributed by atoms with Gasteiger partial charge in [0.2, 0.25) is 5.91 Å². The molecule has 2 aliphatic rings. The lowest BCUT2D eigenvalue weighted by molar-refractivity contribution is -0.146. The molecule has 2 amide bonds. The van der Waals surface area contributed by atoms with E-state index in [4.69, 9.17) is 14.2 Å². The highest BCUT2D eigenvalue weighted by Crippen LogP contribution is 2.44. The molecule has 0 saturated heterocycles. The Balaban J connectivity index is 1.31. The second kappa shape index (κ2) is 13.3. The number of amides is 2. The van der Waals surface area contributed by atoms with Crippen LogP contribution in [-0.4, -0.2) is 56.5 Å². The number of rotatable bonds is 9. The van der Waals surface area contributed by atoms with Gasteiger partial charge < -0.3 is 24.8 Å². The maximum Gasteiger partial charge on any atom is 0.407 e. The molecule has 1 fully saturated rings. The van der Waals surface area contributed by atoms with Crippen LogP contribution in [0.5, 0.6) is 0 Å². The lowest BCUT2D eigenvalue weighted by atomic mass is 9.86. The van der Waals surface area contributed by atoms with Gasteiger partial charge in [0.25, 0.3) is 0 Å². The maximum absolute atomic E-state index is 13.0. The van der Waals surface area contributed by atoms with Gasteiger partial charge in [-0.2, -0.15) is 0 Å². The highest BCUT2D eigenvalue weighted by Gasteiger charge is 2.34. The van der Waals surface area contributed by atoms with Crippen LogP contribution in [0.15, 0.2) is 48.5 Å². The SMILES string of the molecule is CC#CCO[C@H]1CC[C@H](C(=O)N[C@H](C(=O)OC)[C@@H](C)NC(=O)OCC2c3ccccc3-c3ccccc32)CC1. The Labute approximate surface area is 229 Å². The van der Waals surface area contributed by atoms with E-state index < -0.39 is 24.1 Å². The number of ether oxygens (including phenoxy) is 3. The third-order valence-electron chi connectivity index (χ3n) is 7.56. The van der Waals surface area contributed by atoms with Gasteiger partial charge in [0.05, 0.1) is 19.3 Å². The van der Waals surface area contributed by atoms with Crippen molar-refractivity contribution < 1.29 is 28.6 Å². The van der Waals surface area contributed by atoms with E-state index in [1.807, 2.05) is 36.4 Å². The molecule has 0 heterocycles. The summed E-state index contributed by atoms with van der Waals surface area (Å²) < 4.78 is 16.3. The standard InChI is InChI=1S/C31H36N2O6/c1-4-5-18-38-22-16-14-21(15-17-22)29(34)33-28(30(35)37-3)20(2)32-31(36)39-19-27-25-12-8-6-10-23(25)24-11-7-9-13-26(24)27/h6-13,20-22,27-28H,14-19H2,1-3H3,(H,32,36)(H,33,34)/t20-,21-,22-,28+/m1/s1. The van der Waals surface area contributed by atoms with Crippen LogP contribution in [0.4, 0.5) is 4.79 Å². The summed E-state index contributed by atoms with van der Waals surface area (Å²) in [4.78, 5) is 38.3. The smallest absolute Gasteiger partial charge is 0.407 e. The third kappa shape index (κ3) is 6.79. The first-order valence-corrected chi connectivity index (χ1v) is 13.4. The van der Waals surface area contributed by atoms with Gasteiger partial charge in [-0.1, -0.05) is 54.5 Å². The number of carbonyl (C=O) groups excluding carboxylic acids is 3. The topological polar surface area (TPSA) is 103 Å². The van der Waals surface area contributed by atoms with Gasteiger partial charge in [0, 0.05) is 11.8 Å². The molecule has 39 heavy (non-hydrogen) atoms. The van der Waals surface area contributed by atoms with Crippen molar-refractivity contribution in [3.8, 4) is 23.0 Å². The summed E-state index contributed by atoms with van der Waals surface area (Å²) in [6.07, 6.45) is 2.22. The van der Waals surface area contributed by atoms with Crippen molar-refractivity contribution >= 4 is 18.0 Å². The molecule has 0 aliphatic heterocycles. The fourth-order valence-electron chi connectivity index (χ4n) is 5.42. The van der Waals surface area contributed by atoms with E-state index in [2.05, 4.69) is 34.6 Å². The van der Waals surface area contributed by atoms with Crippen molar-refractivity contribution in [2.45, 2.75) is 63.6 Å². The first kappa shape index (κ1) is 28.2. The molecule has 0 radical (unpaired) electrons. The molecule has 0 bridgehead atoms. The number of hydrogen-bond donors (Lipinski definition) is 2. The monoisotopic (exact) mass is 532 g/mol. The van der Waals surface area contributed by atoms with Crippen LogP contribution in [0.1, 0.15) is 56.6 Å². The summed E-state index contributed by atoms with van der Waals surface area (Å²) in [5, 5.41) is 5.49. The summed E-state index contributed by atoms with van der Waals surface area (Å²) in [5.41, 5.74) is 4.49. The molecule has 8 nitrogen and oxygen atoms in total. The fraction of sp³-hybridized carbons (Fsp3) is 0.452. The van der Waals surface area contributed by atoms with E-state index in [0.29, 0.717) is 19.4 Å². The van der Waals surface area contributed by atoms with E-state index in [0.717, 1.165) is 35.1 Å². The van der Waals surface area contributed by atoms with E-state index in [-0.39, 0.29) is 30.5 Å². The second-order valence-electron chi connectivity index (χ2n) is 9.98. The molecule has 2 aromatic rings. The Bertz CT molecular complexity index is 1200. The van der Waals surface area contributed by atoms with Gasteiger partial charge in [0.15, 0.2) is 0 Å². The number of fused-ring (bicyclic) bond motifs is 3. The first-order valence-electron chi connectivity index (χ1n) is 13.4. The predicted octanol–water partition coefficient (Wildman–Crippen LogP) is 4.17. The van der Waals surface area contributed by atoms with Crippen LogP contribution >= 0.6 is 0 Å². The second-order valence-corrected chi connectivity index (χ2v) is 9.98. The van der Waals surface area contributed by atoms with Crippen LogP contribution in [0, 0.1) is 17.8 Å². The van der Waals surface area contributed by atoms with Gasteiger partial charge in [-0.15, -0.1) is 5.92 Å². The number of esters is 1. The Morgan fingerprint density at radius 2 is 1.56 bits per heavy atom. The molecule has 0 aromatic heterocycles. The number of alkyl carbamates (subject to hydrolysis) is 1. The number of benzene rings is 2. The van der Waals surface area contributed by atoms with Gasteiger partial charge in [-0.05, 0) is 61.8 Å². The van der Waals surface area contributed by atoms with Crippen LogP contribution < -0.4 is 10.6 Å². The van der Waals surface area contributed by atoms with Crippen LogP contribution in [0.25, 0.3) is 11.1 Å². The summed E-state index contributed by atoms with van der Waals surface area (Å²) in [5.74, 6) is 4.50. The van der Waals surface area contributed by atoms with Gasteiger partial charge >= 0.3 is 12.1 Å². The van der Waals surface area contributed by atoms with E-state index in [9.17, 15) is 14.4 Å². The molecule has 4 rings (SSSR count). The van der Waals surface area contributed by atoms with Gasteiger partial charge in [-0.25, -0.2) is 9.59 Å². The van der Waals surface area contributed by atoms with Crippen LogP contribution in [0.3, 0.4) is 0 Å². The molecule has 1 saturated carbocycles. The molecule has 2 aromatic carbocycles.